The molecule has 7 aliphatic rings. The lowest BCUT2D eigenvalue weighted by atomic mass is 9.86. The highest BCUT2D eigenvalue weighted by Gasteiger charge is 2.52. The third kappa shape index (κ3) is 16.0. The SMILES string of the molecule is CN[C@@H](CC(C)C)C(=O)NC1C(=O)N[C@@H](CC(N)=O)C(=O)N[C@H]2C(=O)N[C@H]3C(=O)N[C@H](C(=O)N[C@@H](C(=O)O)c4cc(O)cc(O)c4-c4cc3ccc4O)[C@H](O)c3ccc(c(Cl)c3)Oc3cc2cc(c3O[C@@H]2O[C@H](COC)[C@@H](O)[C@H](O)[C@H]2O[C@H]2C[C@](C)(N)[C@H](O)[C@H](C)O2)Oc2ccc(cc2Cl)[C@H]1O. The van der Waals surface area contributed by atoms with Crippen LogP contribution in [0.25, 0.3) is 11.1 Å². The van der Waals surface area contributed by atoms with Gasteiger partial charge in [-0.3, -0.25) is 33.6 Å². The van der Waals surface area contributed by atoms with Gasteiger partial charge >= 0.3 is 5.97 Å². The molecular formula is C67H77Cl2N9O24. The van der Waals surface area contributed by atoms with Gasteiger partial charge in [-0.25, -0.2) is 4.79 Å². The van der Waals surface area contributed by atoms with Crippen molar-refractivity contribution in [3.63, 3.8) is 0 Å². The summed E-state index contributed by atoms with van der Waals surface area (Å²) < 4.78 is 44.2. The monoisotopic (exact) mass is 1460 g/mol. The molecule has 12 rings (SSSR count). The van der Waals surface area contributed by atoms with Crippen LogP contribution in [0.3, 0.4) is 0 Å². The Balaban J connectivity index is 1.24. The Morgan fingerprint density at radius 2 is 1.32 bits per heavy atom. The number of rotatable bonds is 14. The third-order valence-electron chi connectivity index (χ3n) is 17.9. The number of carboxylic acid groups (broad SMARTS) is 1. The number of ether oxygens (including phenoxy) is 7. The average Bonchev–Trinajstić information content (AvgIpc) is 0.768. The van der Waals surface area contributed by atoms with Gasteiger partial charge in [0, 0.05) is 41.8 Å². The summed E-state index contributed by atoms with van der Waals surface area (Å²) >= 11 is 14.2. The van der Waals surface area contributed by atoms with Crippen molar-refractivity contribution < 1.29 is 117 Å². The Morgan fingerprint density at radius 3 is 1.91 bits per heavy atom. The van der Waals surface area contributed by atoms with Gasteiger partial charge in [0.15, 0.2) is 29.9 Å². The van der Waals surface area contributed by atoms with Gasteiger partial charge < -0.3 is 128 Å². The van der Waals surface area contributed by atoms with Crippen molar-refractivity contribution in [3.05, 3.63) is 117 Å². The maximum atomic E-state index is 16.1. The number of aliphatic carboxylic acids is 1. The number of nitrogens with two attached hydrogens (primary N) is 2. The number of aromatic hydroxyl groups is 3. The van der Waals surface area contributed by atoms with E-state index < -0.39 is 231 Å². The first-order chi connectivity index (χ1) is 48.2. The fourth-order valence-electron chi connectivity index (χ4n) is 12.6. The van der Waals surface area contributed by atoms with E-state index in [4.69, 9.17) is 67.8 Å². The smallest absolute Gasteiger partial charge is 0.330 e. The lowest BCUT2D eigenvalue weighted by Crippen LogP contribution is -2.64. The molecule has 5 aromatic rings. The van der Waals surface area contributed by atoms with E-state index in [0.29, 0.717) is 0 Å². The number of aliphatic hydroxyl groups excluding tert-OH is 5. The summed E-state index contributed by atoms with van der Waals surface area (Å²) in [6, 6.07) is -0.401. The minimum Gasteiger partial charge on any atom is -0.508 e. The Morgan fingerprint density at radius 1 is 0.716 bits per heavy atom. The zero-order valence-corrected chi connectivity index (χ0v) is 56.8. The number of phenolic OH excluding ortho intramolecular Hbond substituents is 3. The number of carboxylic acids is 1. The topological polar surface area (TPSA) is 519 Å². The highest BCUT2D eigenvalue weighted by atomic mass is 35.5. The maximum absolute atomic E-state index is 16.1. The number of carbonyl (C=O) groups excluding carboxylic acids is 7. The van der Waals surface area contributed by atoms with Crippen LogP contribution >= 0.6 is 23.2 Å². The zero-order valence-electron chi connectivity index (χ0n) is 55.3. The van der Waals surface area contributed by atoms with E-state index in [9.17, 15) is 69.9 Å². The number of aliphatic hydroxyl groups is 5. The summed E-state index contributed by atoms with van der Waals surface area (Å²) in [7, 11) is 2.75. The van der Waals surface area contributed by atoms with Crippen LogP contribution in [0.15, 0.2) is 78.9 Å². The summed E-state index contributed by atoms with van der Waals surface area (Å²) in [4.78, 5) is 117. The second-order valence-corrected chi connectivity index (χ2v) is 26.8. The number of primary amides is 1. The van der Waals surface area contributed by atoms with Gasteiger partial charge in [0.05, 0.1) is 41.3 Å². The highest BCUT2D eigenvalue weighted by Crippen LogP contribution is 2.50. The van der Waals surface area contributed by atoms with E-state index in [2.05, 4.69) is 37.2 Å². The number of methoxy groups -OCH3 is 1. The van der Waals surface area contributed by atoms with Crippen LogP contribution in [0.4, 0.5) is 0 Å². The van der Waals surface area contributed by atoms with Crippen molar-refractivity contribution >= 4 is 70.5 Å². The van der Waals surface area contributed by atoms with E-state index >= 15 is 14.4 Å². The van der Waals surface area contributed by atoms with Gasteiger partial charge in [0.2, 0.25) is 53.4 Å². The number of nitrogens with one attached hydrogen (secondary N) is 7. The normalized spacial score (nSPS) is 29.3. The number of amides is 7. The van der Waals surface area contributed by atoms with E-state index in [1.54, 1.807) is 0 Å². The Hall–Kier alpha value is -9.20. The predicted octanol–water partition coefficient (Wildman–Crippen LogP) is 0.760. The highest BCUT2D eigenvalue weighted by molar-refractivity contribution is 6.32. The Kier molecular flexibility index (Phi) is 22.8. The number of fused-ring (bicyclic) bond motifs is 15. The number of hydrogen-bond acceptors (Lipinski definition) is 25. The number of hydrogen-bond donors (Lipinski definition) is 18. The summed E-state index contributed by atoms with van der Waals surface area (Å²) in [5.41, 5.74) is 8.15. The minimum atomic E-state index is -2.33. The van der Waals surface area contributed by atoms with Crippen molar-refractivity contribution in [2.75, 3.05) is 20.8 Å². The fraction of sp³-hybridized carbons (Fsp3) is 0.433. The Bertz CT molecular complexity index is 4090. The molecule has 33 nitrogen and oxygen atoms in total. The molecule has 0 saturated carbocycles. The van der Waals surface area contributed by atoms with Gasteiger partial charge in [-0.2, -0.15) is 0 Å². The molecule has 1 unspecified atom stereocenters. The first-order valence-corrected chi connectivity index (χ1v) is 32.8. The summed E-state index contributed by atoms with van der Waals surface area (Å²) in [6.45, 7) is 6.28. The van der Waals surface area contributed by atoms with E-state index in [0.717, 1.165) is 66.7 Å². The van der Waals surface area contributed by atoms with Crippen LogP contribution in [0.2, 0.25) is 10.0 Å². The molecule has 5 aromatic carbocycles. The first-order valence-electron chi connectivity index (χ1n) is 32.0. The molecule has 0 radical (unpaired) electrons. The second-order valence-electron chi connectivity index (χ2n) is 26.0. The van der Waals surface area contributed by atoms with Gasteiger partial charge in [-0.1, -0.05) is 55.2 Å². The molecule has 18 atom stereocenters. The maximum Gasteiger partial charge on any atom is 0.330 e. The predicted molar refractivity (Wildman–Crippen MR) is 354 cm³/mol. The van der Waals surface area contributed by atoms with Crippen LogP contribution in [-0.2, 0) is 57.3 Å². The largest absolute Gasteiger partial charge is 0.508 e. The van der Waals surface area contributed by atoms with Crippen molar-refractivity contribution in [3.8, 4) is 57.1 Å². The molecule has 2 saturated heterocycles. The van der Waals surface area contributed by atoms with Crippen molar-refractivity contribution in [2.24, 2.45) is 17.4 Å². The van der Waals surface area contributed by atoms with Crippen LogP contribution in [-0.4, -0.2) is 193 Å². The van der Waals surface area contributed by atoms with Gasteiger partial charge in [0.1, 0.15) is 89.5 Å². The second kappa shape index (κ2) is 30.8. The molecule has 7 aliphatic heterocycles. The average molecular weight is 1460 g/mol. The molecular weight excluding hydrogens is 1390 g/mol. The zero-order chi connectivity index (χ0) is 74.2. The molecule has 0 spiro atoms. The molecule has 35 heteroatoms. The number of halogens is 2. The molecule has 11 bridgehead atoms. The van der Waals surface area contributed by atoms with Crippen molar-refractivity contribution in [1.29, 1.82) is 0 Å². The molecule has 2 fully saturated rings. The molecule has 7 amide bonds. The third-order valence-corrected chi connectivity index (χ3v) is 18.5. The van der Waals surface area contributed by atoms with Crippen molar-refractivity contribution in [2.45, 2.75) is 156 Å². The van der Waals surface area contributed by atoms with E-state index in [-0.39, 0.29) is 52.0 Å². The number of likely N-dealkylation sites (N-methyl/N-ethyl adjacent to an activating group) is 1. The number of phenols is 3. The van der Waals surface area contributed by atoms with Crippen LogP contribution < -0.4 is 62.9 Å². The minimum absolute atomic E-state index is 0.0928. The van der Waals surface area contributed by atoms with E-state index in [1.807, 2.05) is 13.8 Å². The van der Waals surface area contributed by atoms with Crippen LogP contribution in [0.1, 0.15) is 105 Å². The van der Waals surface area contributed by atoms with Gasteiger partial charge in [0.25, 0.3) is 0 Å². The molecule has 20 N–H and O–H groups in total. The molecule has 7 heterocycles. The lowest BCUT2D eigenvalue weighted by Gasteiger charge is -2.47. The Labute approximate surface area is 591 Å². The van der Waals surface area contributed by atoms with Crippen LogP contribution in [0, 0.1) is 5.92 Å². The van der Waals surface area contributed by atoms with Gasteiger partial charge in [-0.15, -0.1) is 0 Å². The standard InChI is InChI=1S/C67H77Cl2N9O24/c1-24(2)13-35(72-5)59(88)77-50-52(83)27-8-11-39(33(68)15-27)98-41-17-29-18-42(56(41)102-66-57(55(86)54(85)43(100-66)23-96-6)101-45-22-67(4,71)58(87)25(3)97-45)99-40-12-9-28(16-34(40)69)53(84)51-64(93)76-49(65(94)95)32-19-30(79)20-38(81)46(32)31-14-26(7-10-37(31)80)47(61(90)78-51)75-62(91)48(29)74-60(89)36(21-44(70)82)73-63(50)92/h7-12,14-20,24-25,35-36,43,45,47-55,57-58,66,72,79-81,83-87H,13,21-23,71H2,1-6H3,(H2,70,82)(H,73,92)(H,74,89)(H,75,91)(H,76,93)(H,77,88)(H,78,90)(H,94,95)/t25-,35-,36-,43+,45-,47+,48+,49+,50?,51-,52+,53+,54+,55-,57+,58+,66-,67-/m0/s1. The number of carbonyl (C=O) groups is 8. The number of benzene rings is 5. The van der Waals surface area contributed by atoms with Gasteiger partial charge in [-0.05, 0) is 110 Å². The first kappa shape index (κ1) is 75.5. The molecule has 102 heavy (non-hydrogen) atoms. The molecule has 0 aliphatic carbocycles. The summed E-state index contributed by atoms with van der Waals surface area (Å²) in [5, 5.41) is 121. The molecule has 548 valence electrons. The summed E-state index contributed by atoms with van der Waals surface area (Å²) in [6.07, 6.45) is -17.8. The lowest BCUT2D eigenvalue weighted by molar-refractivity contribution is -0.334. The van der Waals surface area contributed by atoms with E-state index in [1.165, 1.54) is 40.1 Å². The van der Waals surface area contributed by atoms with Crippen molar-refractivity contribution in [1.82, 2.24) is 37.2 Å². The quantitative estimate of drug-likeness (QED) is 0.0730. The molecule has 0 aromatic heterocycles. The van der Waals surface area contributed by atoms with Crippen LogP contribution in [0.5, 0.6) is 46.0 Å². The fourth-order valence-corrected chi connectivity index (χ4v) is 13.1. The summed E-state index contributed by atoms with van der Waals surface area (Å²) in [5.74, 6) is -15.7.